The molecule has 3 aromatic carbocycles. The monoisotopic (exact) mass is 515 g/mol. The first kappa shape index (κ1) is 26.5. The van der Waals surface area contributed by atoms with Crippen molar-refractivity contribution in [1.29, 1.82) is 0 Å². The van der Waals surface area contributed by atoms with Crippen LogP contribution in [0.3, 0.4) is 0 Å². The molecule has 8 nitrogen and oxygen atoms in total. The molecule has 8 heteroatoms. The van der Waals surface area contributed by atoms with Crippen molar-refractivity contribution in [1.82, 2.24) is 0 Å². The lowest BCUT2D eigenvalue weighted by atomic mass is 9.94. The van der Waals surface area contributed by atoms with E-state index in [9.17, 15) is 19.5 Å². The third kappa shape index (κ3) is 4.98. The van der Waals surface area contributed by atoms with Crippen molar-refractivity contribution in [2.24, 2.45) is 0 Å². The Bertz CT molecular complexity index is 1420. The number of aliphatic hydroxyl groups is 1. The number of hydrogen-bond donors (Lipinski definition) is 1. The summed E-state index contributed by atoms with van der Waals surface area (Å²) in [5, 5.41) is 11.4. The van der Waals surface area contributed by atoms with Gasteiger partial charge in [0.05, 0.1) is 37.5 Å². The quantitative estimate of drug-likeness (QED) is 0.200. The number of esters is 1. The topological polar surface area (TPSA) is 102 Å². The number of Topliss-reactive ketones (excluding diaryl/α,β-unsaturated/α-hetero) is 1. The zero-order valence-electron chi connectivity index (χ0n) is 21.8. The second kappa shape index (κ2) is 10.8. The van der Waals surface area contributed by atoms with Gasteiger partial charge in [0, 0.05) is 11.3 Å². The van der Waals surface area contributed by atoms with Gasteiger partial charge in [0.2, 0.25) is 0 Å². The predicted molar refractivity (Wildman–Crippen MR) is 143 cm³/mol. The Morgan fingerprint density at radius 2 is 1.63 bits per heavy atom. The van der Waals surface area contributed by atoms with Gasteiger partial charge in [-0.25, -0.2) is 4.79 Å². The highest BCUT2D eigenvalue weighted by atomic mass is 16.5. The van der Waals surface area contributed by atoms with Crippen LogP contribution >= 0.6 is 0 Å². The van der Waals surface area contributed by atoms with Crippen molar-refractivity contribution in [2.45, 2.75) is 32.9 Å². The molecule has 0 aliphatic carbocycles. The minimum absolute atomic E-state index is 0.0305. The molecule has 1 aliphatic heterocycles. The molecule has 0 bridgehead atoms. The van der Waals surface area contributed by atoms with Crippen LogP contribution in [0.1, 0.15) is 46.9 Å². The maximum absolute atomic E-state index is 13.4. The number of aryl methyl sites for hydroxylation is 1. The number of rotatable bonds is 7. The van der Waals surface area contributed by atoms with Crippen LogP contribution in [0.5, 0.6) is 11.5 Å². The van der Waals surface area contributed by atoms with E-state index in [1.807, 2.05) is 20.8 Å². The normalized spacial score (nSPS) is 16.6. The molecule has 0 saturated carbocycles. The van der Waals surface area contributed by atoms with Crippen LogP contribution in [-0.2, 0) is 14.3 Å². The molecule has 1 amide bonds. The minimum atomic E-state index is -0.944. The number of carbonyl (C=O) groups excluding carboxylic acids is 3. The lowest BCUT2D eigenvalue weighted by molar-refractivity contribution is -0.132. The van der Waals surface area contributed by atoms with Gasteiger partial charge in [0.1, 0.15) is 17.3 Å². The summed E-state index contributed by atoms with van der Waals surface area (Å²) in [5.41, 5.74) is 2.34. The Kier molecular flexibility index (Phi) is 7.52. The van der Waals surface area contributed by atoms with E-state index in [0.717, 1.165) is 5.56 Å². The Balaban J connectivity index is 1.88. The maximum atomic E-state index is 13.4. The lowest BCUT2D eigenvalue weighted by Crippen LogP contribution is -2.29. The van der Waals surface area contributed by atoms with Crippen LogP contribution < -0.4 is 14.4 Å². The largest absolute Gasteiger partial charge is 0.507 e. The number of nitrogens with zero attached hydrogens (tertiary/aromatic N) is 1. The van der Waals surface area contributed by atoms with Gasteiger partial charge >= 0.3 is 5.97 Å². The van der Waals surface area contributed by atoms with E-state index in [0.29, 0.717) is 33.9 Å². The van der Waals surface area contributed by atoms with Crippen molar-refractivity contribution in [3.05, 3.63) is 94.6 Å². The molecule has 1 aliphatic rings. The molecule has 0 aromatic heterocycles. The van der Waals surface area contributed by atoms with E-state index >= 15 is 0 Å². The molecule has 1 atom stereocenters. The molecule has 38 heavy (non-hydrogen) atoms. The summed E-state index contributed by atoms with van der Waals surface area (Å²) in [6, 6.07) is 17.3. The van der Waals surface area contributed by atoms with Crippen LogP contribution in [0.25, 0.3) is 5.76 Å². The summed E-state index contributed by atoms with van der Waals surface area (Å²) in [6.07, 6.45) is -0.0305. The molecule has 1 fully saturated rings. The van der Waals surface area contributed by atoms with Crippen molar-refractivity contribution >= 4 is 29.1 Å². The van der Waals surface area contributed by atoms with Gasteiger partial charge in [0.25, 0.3) is 11.7 Å². The number of ether oxygens (including phenoxy) is 3. The van der Waals surface area contributed by atoms with E-state index in [2.05, 4.69) is 0 Å². The first-order valence-corrected chi connectivity index (χ1v) is 12.1. The Morgan fingerprint density at radius 1 is 0.947 bits per heavy atom. The number of benzene rings is 3. The number of carbonyl (C=O) groups is 3. The Hall–Kier alpha value is -4.59. The Morgan fingerprint density at radius 3 is 2.24 bits per heavy atom. The number of aliphatic hydroxyl groups excluding tert-OH is 1. The van der Waals surface area contributed by atoms with Crippen molar-refractivity contribution < 1.29 is 33.7 Å². The highest BCUT2D eigenvalue weighted by Crippen LogP contribution is 2.43. The minimum Gasteiger partial charge on any atom is -0.507 e. The van der Waals surface area contributed by atoms with E-state index in [1.54, 1.807) is 54.6 Å². The summed E-state index contributed by atoms with van der Waals surface area (Å²) in [5.74, 6) is -1.27. The van der Waals surface area contributed by atoms with E-state index in [4.69, 9.17) is 14.2 Å². The third-order valence-corrected chi connectivity index (χ3v) is 6.23. The SMILES string of the molecule is COC(=O)c1ccc(N2C(=O)C(=O)/C(=C(/O)c3ccc(OC(C)C)c(C)c3)C2c2cccc(OC)c2)cc1. The zero-order chi connectivity index (χ0) is 27.6. The number of amides is 1. The number of hydrogen-bond acceptors (Lipinski definition) is 7. The molecule has 1 unspecified atom stereocenters. The fourth-order valence-corrected chi connectivity index (χ4v) is 4.44. The average Bonchev–Trinajstić information content (AvgIpc) is 3.18. The van der Waals surface area contributed by atoms with Crippen LogP contribution in [0.4, 0.5) is 5.69 Å². The first-order chi connectivity index (χ1) is 18.2. The van der Waals surface area contributed by atoms with Crippen LogP contribution in [0.2, 0.25) is 0 Å². The molecular weight excluding hydrogens is 486 g/mol. The second-order valence-corrected chi connectivity index (χ2v) is 9.13. The van der Waals surface area contributed by atoms with Crippen molar-refractivity contribution in [2.75, 3.05) is 19.1 Å². The molecule has 1 saturated heterocycles. The van der Waals surface area contributed by atoms with Gasteiger partial charge in [-0.05, 0) is 86.5 Å². The van der Waals surface area contributed by atoms with Gasteiger partial charge < -0.3 is 19.3 Å². The molecule has 1 heterocycles. The molecule has 0 radical (unpaired) electrons. The number of ketones is 1. The van der Waals surface area contributed by atoms with Gasteiger partial charge in [-0.2, -0.15) is 0 Å². The summed E-state index contributed by atoms with van der Waals surface area (Å²) in [7, 11) is 2.80. The summed E-state index contributed by atoms with van der Waals surface area (Å²) in [6.45, 7) is 5.68. The zero-order valence-corrected chi connectivity index (χ0v) is 21.8. The molecule has 3 aromatic rings. The van der Waals surface area contributed by atoms with Gasteiger partial charge in [0.15, 0.2) is 0 Å². The standard InChI is InChI=1S/C30H29NO7/c1-17(2)38-24-14-11-21(15-18(24)3)27(32)25-26(20-7-6-8-23(16-20)36-4)31(29(34)28(25)33)22-12-9-19(10-13-22)30(35)37-5/h6-17,26,32H,1-5H3/b27-25+. The number of anilines is 1. The van der Waals surface area contributed by atoms with Gasteiger partial charge in [-0.1, -0.05) is 12.1 Å². The summed E-state index contributed by atoms with van der Waals surface area (Å²) < 4.78 is 15.9. The first-order valence-electron chi connectivity index (χ1n) is 12.1. The van der Waals surface area contributed by atoms with E-state index in [-0.39, 0.29) is 17.4 Å². The van der Waals surface area contributed by atoms with Gasteiger partial charge in [-0.3, -0.25) is 14.5 Å². The Labute approximate surface area is 221 Å². The molecule has 1 N–H and O–H groups in total. The highest BCUT2D eigenvalue weighted by Gasteiger charge is 2.47. The van der Waals surface area contributed by atoms with Crippen molar-refractivity contribution in [3.63, 3.8) is 0 Å². The molecular formula is C30H29NO7. The molecule has 0 spiro atoms. The van der Waals surface area contributed by atoms with Crippen molar-refractivity contribution in [3.8, 4) is 11.5 Å². The third-order valence-electron chi connectivity index (χ3n) is 6.23. The fourth-order valence-electron chi connectivity index (χ4n) is 4.44. The smallest absolute Gasteiger partial charge is 0.337 e. The highest BCUT2D eigenvalue weighted by molar-refractivity contribution is 6.51. The fraction of sp³-hybridized carbons (Fsp3) is 0.233. The predicted octanol–water partition coefficient (Wildman–Crippen LogP) is 5.20. The van der Waals surface area contributed by atoms with Crippen LogP contribution in [-0.4, -0.2) is 43.1 Å². The van der Waals surface area contributed by atoms with E-state index in [1.165, 1.54) is 31.3 Å². The van der Waals surface area contributed by atoms with Gasteiger partial charge in [-0.15, -0.1) is 0 Å². The maximum Gasteiger partial charge on any atom is 0.337 e. The summed E-state index contributed by atoms with van der Waals surface area (Å²) >= 11 is 0. The second-order valence-electron chi connectivity index (χ2n) is 9.13. The van der Waals surface area contributed by atoms with E-state index < -0.39 is 23.7 Å². The van der Waals surface area contributed by atoms with Crippen LogP contribution in [0, 0.1) is 6.92 Å². The van der Waals surface area contributed by atoms with Crippen LogP contribution in [0.15, 0.2) is 72.3 Å². The molecule has 196 valence electrons. The average molecular weight is 516 g/mol. The summed E-state index contributed by atoms with van der Waals surface area (Å²) in [4.78, 5) is 40.0. The number of methoxy groups -OCH3 is 2. The molecule has 4 rings (SSSR count). The lowest BCUT2D eigenvalue weighted by Gasteiger charge is -2.26.